The molecule has 0 radical (unpaired) electrons. The van der Waals surface area contributed by atoms with Crippen LogP contribution in [-0.2, 0) is 4.79 Å². The molecule has 0 atom stereocenters. The molecule has 0 aliphatic carbocycles. The highest BCUT2D eigenvalue weighted by atomic mass is 79.9. The summed E-state index contributed by atoms with van der Waals surface area (Å²) in [6.07, 6.45) is 0. The second-order valence-electron chi connectivity index (χ2n) is 3.65. The number of thiocarbonyl (C=S) groups is 1. The molecule has 0 aliphatic rings. The average Bonchev–Trinajstić information content (AvgIpc) is 2.31. The van der Waals surface area contributed by atoms with Crippen molar-refractivity contribution in [3.05, 3.63) is 28.0 Å². The first-order valence-corrected chi connectivity index (χ1v) is 6.28. The van der Waals surface area contributed by atoms with E-state index in [-0.39, 0.29) is 21.9 Å². The van der Waals surface area contributed by atoms with Gasteiger partial charge in [-0.15, -0.1) is 0 Å². The van der Waals surface area contributed by atoms with Gasteiger partial charge in [-0.25, -0.2) is 4.39 Å². The zero-order valence-corrected chi connectivity index (χ0v) is 12.4. The van der Waals surface area contributed by atoms with E-state index in [1.807, 2.05) is 0 Å². The summed E-state index contributed by atoms with van der Waals surface area (Å²) in [6, 6.07) is 3.16. The zero-order valence-electron chi connectivity index (χ0n) is 9.96. The van der Waals surface area contributed by atoms with E-state index in [4.69, 9.17) is 18.0 Å². The first kappa shape index (κ1) is 14.8. The quantitative estimate of drug-likeness (QED) is 0.818. The normalized spacial score (nSPS) is 10.0. The number of hydrogen-bond donors (Lipinski definition) is 2. The maximum absolute atomic E-state index is 14.1. The molecule has 0 aliphatic heterocycles. The van der Waals surface area contributed by atoms with Gasteiger partial charge in [-0.2, -0.15) is 0 Å². The van der Waals surface area contributed by atoms with Gasteiger partial charge < -0.3 is 16.0 Å². The highest BCUT2D eigenvalue weighted by Crippen LogP contribution is 2.28. The number of anilines is 1. The van der Waals surface area contributed by atoms with E-state index < -0.39 is 5.82 Å². The molecule has 1 amide bonds. The molecule has 0 fully saturated rings. The summed E-state index contributed by atoms with van der Waals surface area (Å²) in [4.78, 5) is 12.9. The molecule has 4 nitrogen and oxygen atoms in total. The lowest BCUT2D eigenvalue weighted by atomic mass is 10.2. The van der Waals surface area contributed by atoms with Gasteiger partial charge in [-0.3, -0.25) is 4.79 Å². The Balaban J connectivity index is 3.08. The number of nitrogens with one attached hydrogen (secondary N) is 1. The van der Waals surface area contributed by atoms with E-state index in [1.165, 1.54) is 18.0 Å². The Morgan fingerprint density at radius 1 is 1.61 bits per heavy atom. The van der Waals surface area contributed by atoms with Crippen molar-refractivity contribution in [3.8, 4) is 0 Å². The van der Waals surface area contributed by atoms with Gasteiger partial charge in [-0.1, -0.05) is 12.2 Å². The number of nitrogens with zero attached hydrogens (tertiary/aromatic N) is 1. The molecule has 0 spiro atoms. The fraction of sp³-hybridized carbons (Fsp3) is 0.273. The molecule has 7 heteroatoms. The van der Waals surface area contributed by atoms with Gasteiger partial charge in [-0.05, 0) is 28.1 Å². The largest absolute Gasteiger partial charge is 0.389 e. The summed E-state index contributed by atoms with van der Waals surface area (Å²) in [7, 11) is 3.15. The van der Waals surface area contributed by atoms with Crippen LogP contribution in [0.15, 0.2) is 16.6 Å². The summed E-state index contributed by atoms with van der Waals surface area (Å²) >= 11 is 7.92. The number of likely N-dealkylation sites (N-methyl/N-ethyl adjacent to an activating group) is 2. The minimum absolute atomic E-state index is 0.0618. The monoisotopic (exact) mass is 333 g/mol. The molecule has 0 unspecified atom stereocenters. The van der Waals surface area contributed by atoms with E-state index in [0.29, 0.717) is 11.3 Å². The minimum Gasteiger partial charge on any atom is -0.389 e. The fourth-order valence-corrected chi connectivity index (χ4v) is 2.25. The molecule has 0 saturated carbocycles. The lowest BCUT2D eigenvalue weighted by Crippen LogP contribution is -2.33. The van der Waals surface area contributed by atoms with E-state index in [2.05, 4.69) is 21.2 Å². The van der Waals surface area contributed by atoms with Crippen molar-refractivity contribution in [1.29, 1.82) is 0 Å². The van der Waals surface area contributed by atoms with Gasteiger partial charge in [0.05, 0.1) is 16.7 Å². The van der Waals surface area contributed by atoms with Crippen LogP contribution in [-0.4, -0.2) is 31.5 Å². The van der Waals surface area contributed by atoms with Crippen LogP contribution in [0.1, 0.15) is 5.56 Å². The van der Waals surface area contributed by atoms with Crippen LogP contribution < -0.4 is 16.0 Å². The molecular weight excluding hydrogens is 321 g/mol. The number of carbonyl (C=O) groups excluding carboxylic acids is 1. The third-order valence-corrected chi connectivity index (χ3v) is 3.39. The molecule has 0 aromatic heterocycles. The number of nitrogens with two attached hydrogens (primary N) is 1. The molecule has 1 aromatic carbocycles. The second kappa shape index (κ2) is 6.10. The maximum atomic E-state index is 14.1. The van der Waals surface area contributed by atoms with Crippen molar-refractivity contribution in [1.82, 2.24) is 5.32 Å². The van der Waals surface area contributed by atoms with E-state index in [9.17, 15) is 9.18 Å². The Morgan fingerprint density at radius 2 is 2.22 bits per heavy atom. The minimum atomic E-state index is -0.494. The zero-order chi connectivity index (χ0) is 13.9. The van der Waals surface area contributed by atoms with Gasteiger partial charge in [0.2, 0.25) is 5.91 Å². The Kier molecular flexibility index (Phi) is 5.03. The lowest BCUT2D eigenvalue weighted by molar-refractivity contribution is -0.119. The van der Waals surface area contributed by atoms with Crippen LogP contribution in [0.2, 0.25) is 0 Å². The number of hydrogen-bond acceptors (Lipinski definition) is 3. The van der Waals surface area contributed by atoms with Crippen molar-refractivity contribution < 1.29 is 9.18 Å². The lowest BCUT2D eigenvalue weighted by Gasteiger charge is -2.20. The highest BCUT2D eigenvalue weighted by Gasteiger charge is 2.16. The summed E-state index contributed by atoms with van der Waals surface area (Å²) < 4.78 is 14.3. The SMILES string of the molecule is CNC(=O)CN(C)c1ccc(C(N)=S)c(Br)c1F. The van der Waals surface area contributed by atoms with Gasteiger partial charge in [0.15, 0.2) is 5.82 Å². The predicted octanol–water partition coefficient (Wildman–Crippen LogP) is 1.40. The number of benzene rings is 1. The van der Waals surface area contributed by atoms with Crippen LogP contribution in [0.25, 0.3) is 0 Å². The number of halogens is 2. The molecule has 0 bridgehead atoms. The van der Waals surface area contributed by atoms with E-state index >= 15 is 0 Å². The molecule has 1 aromatic rings. The third-order valence-electron chi connectivity index (χ3n) is 2.40. The summed E-state index contributed by atoms with van der Waals surface area (Å²) in [5.74, 6) is -0.696. The van der Waals surface area contributed by atoms with Crippen molar-refractivity contribution in [2.24, 2.45) is 5.73 Å². The topological polar surface area (TPSA) is 58.4 Å². The smallest absolute Gasteiger partial charge is 0.239 e. The number of amides is 1. The predicted molar refractivity (Wildman–Crippen MR) is 77.3 cm³/mol. The third kappa shape index (κ3) is 3.17. The van der Waals surface area contributed by atoms with Crippen molar-refractivity contribution in [2.45, 2.75) is 0 Å². The van der Waals surface area contributed by atoms with Gasteiger partial charge in [0.25, 0.3) is 0 Å². The molecule has 98 valence electrons. The van der Waals surface area contributed by atoms with Crippen molar-refractivity contribution >= 4 is 44.7 Å². The van der Waals surface area contributed by atoms with Crippen molar-refractivity contribution in [3.63, 3.8) is 0 Å². The fourth-order valence-electron chi connectivity index (χ4n) is 1.40. The Hall–Kier alpha value is -1.21. The Morgan fingerprint density at radius 3 is 2.72 bits per heavy atom. The van der Waals surface area contributed by atoms with Gasteiger partial charge in [0, 0.05) is 19.7 Å². The van der Waals surface area contributed by atoms with Crippen LogP contribution in [0.5, 0.6) is 0 Å². The van der Waals surface area contributed by atoms with Crippen LogP contribution >= 0.6 is 28.1 Å². The standard InChI is InChI=1S/C11H13BrFN3OS/c1-15-8(17)5-16(2)7-4-3-6(11(14)18)9(12)10(7)13/h3-4H,5H2,1-2H3,(H2,14,18)(H,15,17). The molecule has 0 heterocycles. The van der Waals surface area contributed by atoms with Crippen LogP contribution in [0.4, 0.5) is 10.1 Å². The summed E-state index contributed by atoms with van der Waals surface area (Å²) in [5, 5.41) is 2.47. The molecular formula is C11H13BrFN3OS. The highest BCUT2D eigenvalue weighted by molar-refractivity contribution is 9.10. The van der Waals surface area contributed by atoms with Gasteiger partial charge >= 0.3 is 0 Å². The second-order valence-corrected chi connectivity index (χ2v) is 4.89. The first-order valence-electron chi connectivity index (χ1n) is 5.08. The first-order chi connectivity index (χ1) is 8.38. The summed E-state index contributed by atoms with van der Waals surface area (Å²) in [6.45, 7) is 0.0618. The van der Waals surface area contributed by atoms with Crippen LogP contribution in [0, 0.1) is 5.82 Å². The molecule has 0 saturated heterocycles. The molecule has 3 N–H and O–H groups in total. The van der Waals surface area contributed by atoms with Crippen LogP contribution in [0.3, 0.4) is 0 Å². The molecule has 18 heavy (non-hydrogen) atoms. The van der Waals surface area contributed by atoms with Crippen molar-refractivity contribution in [2.75, 3.05) is 25.5 Å². The summed E-state index contributed by atoms with van der Waals surface area (Å²) in [5.41, 5.74) is 6.20. The number of rotatable bonds is 4. The van der Waals surface area contributed by atoms with E-state index in [0.717, 1.165) is 0 Å². The Bertz CT molecular complexity index is 495. The molecule has 1 rings (SSSR count). The van der Waals surface area contributed by atoms with Gasteiger partial charge in [0.1, 0.15) is 4.99 Å². The Labute approximate surface area is 118 Å². The average molecular weight is 334 g/mol. The maximum Gasteiger partial charge on any atom is 0.239 e. The van der Waals surface area contributed by atoms with E-state index in [1.54, 1.807) is 13.1 Å². The number of carbonyl (C=O) groups is 1.